The van der Waals surface area contributed by atoms with Gasteiger partial charge in [0.1, 0.15) is 5.56 Å². The fraction of sp³-hybridized carbons (Fsp3) is 0.190. The molecule has 0 atom stereocenters. The van der Waals surface area contributed by atoms with Crippen LogP contribution in [0.1, 0.15) is 38.2 Å². The lowest BCUT2D eigenvalue weighted by atomic mass is 10.2. The molecular weight excluding hydrogens is 466 g/mol. The second-order valence-corrected chi connectivity index (χ2v) is 9.75. The van der Waals surface area contributed by atoms with Crippen LogP contribution in [0.4, 0.5) is 5.13 Å². The van der Waals surface area contributed by atoms with Crippen LogP contribution in [-0.2, 0) is 10.5 Å². The molecule has 1 N–H and O–H groups in total. The maximum Gasteiger partial charge on any atom is 0.341 e. The van der Waals surface area contributed by atoms with Crippen molar-refractivity contribution in [2.45, 2.75) is 23.9 Å². The molecule has 3 heterocycles. The minimum atomic E-state index is -0.405. The Hall–Kier alpha value is -3.02. The first-order valence-corrected chi connectivity index (χ1v) is 12.4. The molecule has 164 valence electrons. The number of thioether (sulfide) groups is 1. The van der Waals surface area contributed by atoms with E-state index < -0.39 is 5.97 Å². The highest BCUT2D eigenvalue weighted by Crippen LogP contribution is 2.29. The zero-order valence-corrected chi connectivity index (χ0v) is 19.7. The van der Waals surface area contributed by atoms with Gasteiger partial charge in [0.25, 0.3) is 5.91 Å². The van der Waals surface area contributed by atoms with Crippen molar-refractivity contribution in [1.82, 2.24) is 20.0 Å². The third-order valence-electron chi connectivity index (χ3n) is 4.42. The van der Waals surface area contributed by atoms with E-state index in [2.05, 4.69) is 26.7 Å². The van der Waals surface area contributed by atoms with Gasteiger partial charge in [-0.2, -0.15) is 5.10 Å². The van der Waals surface area contributed by atoms with Crippen molar-refractivity contribution in [2.75, 3.05) is 11.9 Å². The third kappa shape index (κ3) is 5.06. The Morgan fingerprint density at radius 2 is 2.00 bits per heavy atom. The first-order valence-electron chi connectivity index (χ1n) is 9.67. The molecule has 0 saturated carbocycles. The van der Waals surface area contributed by atoms with Gasteiger partial charge in [-0.1, -0.05) is 29.2 Å². The Balaban J connectivity index is 1.39. The summed E-state index contributed by atoms with van der Waals surface area (Å²) in [6, 6.07) is 11.0. The predicted octanol–water partition coefficient (Wildman–Crippen LogP) is 4.82. The second kappa shape index (κ2) is 10.1. The van der Waals surface area contributed by atoms with E-state index in [0.717, 1.165) is 15.8 Å². The van der Waals surface area contributed by atoms with Crippen LogP contribution in [-0.4, -0.2) is 38.5 Å². The van der Waals surface area contributed by atoms with Gasteiger partial charge in [-0.3, -0.25) is 10.1 Å². The van der Waals surface area contributed by atoms with Crippen molar-refractivity contribution in [1.29, 1.82) is 0 Å². The average molecular weight is 486 g/mol. The number of ether oxygens (including phenoxy) is 1. The highest BCUT2D eigenvalue weighted by molar-refractivity contribution is 8.00. The first kappa shape index (κ1) is 22.2. The number of nitrogens with zero attached hydrogens (tertiary/aromatic N) is 4. The summed E-state index contributed by atoms with van der Waals surface area (Å²) >= 11 is 4.63. The largest absolute Gasteiger partial charge is 0.462 e. The Morgan fingerprint density at radius 1 is 1.19 bits per heavy atom. The summed E-state index contributed by atoms with van der Waals surface area (Å²) in [7, 11) is 0. The molecule has 32 heavy (non-hydrogen) atoms. The van der Waals surface area contributed by atoms with Gasteiger partial charge in [0, 0.05) is 16.2 Å². The summed E-state index contributed by atoms with van der Waals surface area (Å²) in [4.78, 5) is 25.8. The van der Waals surface area contributed by atoms with Gasteiger partial charge in [-0.25, -0.2) is 9.48 Å². The van der Waals surface area contributed by atoms with Crippen LogP contribution >= 0.6 is 34.4 Å². The van der Waals surface area contributed by atoms with Crippen LogP contribution in [0.2, 0.25) is 0 Å². The van der Waals surface area contributed by atoms with Crippen LogP contribution < -0.4 is 5.32 Å². The first-order chi connectivity index (χ1) is 15.5. The van der Waals surface area contributed by atoms with E-state index in [1.54, 1.807) is 65.9 Å². The number of rotatable bonds is 8. The maximum absolute atomic E-state index is 12.6. The average Bonchev–Trinajstić information content (AvgIpc) is 3.54. The molecule has 0 aliphatic carbocycles. The van der Waals surface area contributed by atoms with Gasteiger partial charge in [-0.05, 0) is 49.6 Å². The highest BCUT2D eigenvalue weighted by Gasteiger charge is 2.17. The Morgan fingerprint density at radius 3 is 2.72 bits per heavy atom. The number of aromatic nitrogens is 4. The van der Waals surface area contributed by atoms with E-state index in [1.807, 2.05) is 11.4 Å². The maximum atomic E-state index is 12.6. The van der Waals surface area contributed by atoms with Gasteiger partial charge >= 0.3 is 5.97 Å². The van der Waals surface area contributed by atoms with Gasteiger partial charge in [0.2, 0.25) is 5.13 Å². The van der Waals surface area contributed by atoms with E-state index >= 15 is 0 Å². The fourth-order valence-corrected chi connectivity index (χ4v) is 5.37. The van der Waals surface area contributed by atoms with Crippen LogP contribution in [0.3, 0.4) is 0 Å². The molecule has 0 unspecified atom stereocenters. The van der Waals surface area contributed by atoms with Gasteiger partial charge in [0.15, 0.2) is 4.34 Å². The molecule has 0 aliphatic rings. The van der Waals surface area contributed by atoms with Crippen LogP contribution in [0.25, 0.3) is 5.69 Å². The van der Waals surface area contributed by atoms with E-state index in [0.29, 0.717) is 28.6 Å². The number of carbonyl (C=O) groups is 2. The number of hydrogen-bond acceptors (Lipinski definition) is 9. The topological polar surface area (TPSA) is 99.0 Å². The van der Waals surface area contributed by atoms with Crippen molar-refractivity contribution >= 4 is 51.4 Å². The lowest BCUT2D eigenvalue weighted by Gasteiger charge is -2.07. The Kier molecular flexibility index (Phi) is 6.98. The molecule has 3 aromatic heterocycles. The van der Waals surface area contributed by atoms with E-state index in [4.69, 9.17) is 4.74 Å². The quantitative estimate of drug-likeness (QED) is 0.217. The number of hydrogen-bond donors (Lipinski definition) is 1. The third-order valence-corrected chi connectivity index (χ3v) is 7.50. The smallest absolute Gasteiger partial charge is 0.341 e. The molecule has 0 bridgehead atoms. The van der Waals surface area contributed by atoms with E-state index in [-0.39, 0.29) is 5.91 Å². The molecule has 0 radical (unpaired) electrons. The predicted molar refractivity (Wildman–Crippen MR) is 126 cm³/mol. The zero-order chi connectivity index (χ0) is 22.5. The highest BCUT2D eigenvalue weighted by atomic mass is 32.2. The van der Waals surface area contributed by atoms with Gasteiger partial charge < -0.3 is 4.74 Å². The number of carbonyl (C=O) groups excluding carboxylic acids is 2. The number of benzene rings is 1. The monoisotopic (exact) mass is 485 g/mol. The Bertz CT molecular complexity index is 1220. The van der Waals surface area contributed by atoms with Gasteiger partial charge in [0.05, 0.1) is 24.2 Å². The van der Waals surface area contributed by atoms with Crippen molar-refractivity contribution in [3.05, 3.63) is 69.7 Å². The van der Waals surface area contributed by atoms with Gasteiger partial charge in [-0.15, -0.1) is 21.5 Å². The second-order valence-electron chi connectivity index (χ2n) is 6.52. The molecule has 0 spiro atoms. The molecule has 4 rings (SSSR count). The minimum Gasteiger partial charge on any atom is -0.462 e. The zero-order valence-electron chi connectivity index (χ0n) is 17.3. The molecule has 0 fully saturated rings. The molecule has 4 aromatic rings. The summed E-state index contributed by atoms with van der Waals surface area (Å²) in [6.07, 6.45) is 1.48. The van der Waals surface area contributed by atoms with Crippen LogP contribution in [0.15, 0.2) is 52.3 Å². The van der Waals surface area contributed by atoms with Crippen molar-refractivity contribution in [3.8, 4) is 5.69 Å². The lowest BCUT2D eigenvalue weighted by molar-refractivity contribution is 0.0525. The molecule has 11 heteroatoms. The summed E-state index contributed by atoms with van der Waals surface area (Å²) in [6.45, 7) is 3.86. The lowest BCUT2D eigenvalue weighted by Crippen LogP contribution is -2.12. The van der Waals surface area contributed by atoms with Crippen LogP contribution in [0.5, 0.6) is 0 Å². The molecule has 8 nitrogen and oxygen atoms in total. The molecule has 0 saturated heterocycles. The standard InChI is InChI=1S/C21H19N5O3S3/c1-3-29-19(28)17-11-22-26(13(17)2)15-8-6-14(7-9-15)18(27)23-20-24-25-21(32-20)31-12-16-5-4-10-30-16/h4-11H,3,12H2,1-2H3,(H,23,24,27). The molecule has 1 aromatic carbocycles. The van der Waals surface area contributed by atoms with E-state index in [9.17, 15) is 9.59 Å². The summed E-state index contributed by atoms with van der Waals surface area (Å²) in [5.41, 5.74) is 2.30. The number of amides is 1. The van der Waals surface area contributed by atoms with Crippen LogP contribution in [0, 0.1) is 6.92 Å². The molecule has 0 aliphatic heterocycles. The normalized spacial score (nSPS) is 10.8. The fourth-order valence-electron chi connectivity index (χ4n) is 2.85. The Labute approximate surface area is 196 Å². The minimum absolute atomic E-state index is 0.271. The van der Waals surface area contributed by atoms with E-state index in [1.165, 1.54) is 22.4 Å². The summed E-state index contributed by atoms with van der Waals surface area (Å²) < 4.78 is 7.48. The summed E-state index contributed by atoms with van der Waals surface area (Å²) in [5.74, 6) is 0.149. The molecule has 1 amide bonds. The summed E-state index contributed by atoms with van der Waals surface area (Å²) in [5, 5.41) is 17.7. The SMILES string of the molecule is CCOC(=O)c1cnn(-c2ccc(C(=O)Nc3nnc(SCc4cccs4)s3)cc2)c1C. The number of anilines is 1. The van der Waals surface area contributed by atoms with Crippen molar-refractivity contribution < 1.29 is 14.3 Å². The number of esters is 1. The van der Waals surface area contributed by atoms with Crippen molar-refractivity contribution in [3.63, 3.8) is 0 Å². The van der Waals surface area contributed by atoms with Crippen molar-refractivity contribution in [2.24, 2.45) is 0 Å². The number of nitrogens with one attached hydrogen (secondary N) is 1. The molecular formula is C21H19N5O3S3. The number of thiophene rings is 1.